The third kappa shape index (κ3) is 2.26. The molecule has 0 aliphatic carbocycles. The van der Waals surface area contributed by atoms with E-state index in [0.717, 1.165) is 12.4 Å². The van der Waals surface area contributed by atoms with Crippen LogP contribution in [0.3, 0.4) is 0 Å². The summed E-state index contributed by atoms with van der Waals surface area (Å²) in [5, 5.41) is 8.73. The lowest BCUT2D eigenvalue weighted by Gasteiger charge is -2.33. The highest BCUT2D eigenvalue weighted by atomic mass is 35.5. The fraction of sp³-hybridized carbons (Fsp3) is 0.600. The highest BCUT2D eigenvalue weighted by Crippen LogP contribution is 2.21. The third-order valence-corrected chi connectivity index (χ3v) is 2.99. The van der Waals surface area contributed by atoms with Crippen LogP contribution in [0.1, 0.15) is 12.6 Å². The first-order chi connectivity index (χ1) is 7.72. The number of ether oxygens (including phenoxy) is 1. The second-order valence-corrected chi connectivity index (χ2v) is 4.23. The zero-order valence-electron chi connectivity index (χ0n) is 9.19. The van der Waals surface area contributed by atoms with Crippen molar-refractivity contribution in [3.63, 3.8) is 0 Å². The largest absolute Gasteiger partial charge is 0.377 e. The molecule has 1 unspecified atom stereocenters. The summed E-state index contributed by atoms with van der Waals surface area (Å²) in [5.41, 5.74) is 6.12. The summed E-state index contributed by atoms with van der Waals surface area (Å²) < 4.78 is 5.37. The van der Waals surface area contributed by atoms with Crippen LogP contribution in [-0.2, 0) is 11.3 Å². The molecule has 0 radical (unpaired) electrons. The molecule has 6 heteroatoms. The van der Waals surface area contributed by atoms with E-state index in [1.54, 1.807) is 0 Å². The molecule has 2 N–H and O–H groups in total. The minimum Gasteiger partial charge on any atom is -0.377 e. The molecule has 1 aromatic rings. The molecular formula is C10H15ClN4O. The van der Waals surface area contributed by atoms with Gasteiger partial charge in [0.25, 0.3) is 0 Å². The summed E-state index contributed by atoms with van der Waals surface area (Å²) in [5.74, 6) is 0.790. The molecule has 1 saturated heterocycles. The molecule has 0 spiro atoms. The molecule has 1 aromatic heterocycles. The Morgan fingerprint density at radius 1 is 1.62 bits per heavy atom. The van der Waals surface area contributed by atoms with Crippen molar-refractivity contribution in [2.24, 2.45) is 5.73 Å². The van der Waals surface area contributed by atoms with Gasteiger partial charge in [-0.25, -0.2) is 0 Å². The van der Waals surface area contributed by atoms with E-state index in [1.807, 2.05) is 6.07 Å². The van der Waals surface area contributed by atoms with Crippen molar-refractivity contribution in [2.45, 2.75) is 19.5 Å². The molecular weight excluding hydrogens is 228 g/mol. The molecule has 2 rings (SSSR count). The summed E-state index contributed by atoms with van der Waals surface area (Å²) in [4.78, 5) is 2.14. The second kappa shape index (κ2) is 4.95. The first-order valence-electron chi connectivity index (χ1n) is 5.29. The van der Waals surface area contributed by atoms with E-state index in [0.29, 0.717) is 36.5 Å². The van der Waals surface area contributed by atoms with Crippen LogP contribution in [-0.4, -0.2) is 36.0 Å². The highest BCUT2D eigenvalue weighted by molar-refractivity contribution is 6.31. The molecule has 1 aliphatic heterocycles. The van der Waals surface area contributed by atoms with Gasteiger partial charge < -0.3 is 15.4 Å². The number of morpholine rings is 1. The lowest BCUT2D eigenvalue weighted by molar-refractivity contribution is 0.0984. The second-order valence-electron chi connectivity index (χ2n) is 3.82. The predicted molar refractivity (Wildman–Crippen MR) is 62.6 cm³/mol. The van der Waals surface area contributed by atoms with Crippen LogP contribution < -0.4 is 10.6 Å². The molecule has 0 amide bonds. The summed E-state index contributed by atoms with van der Waals surface area (Å²) in [6, 6.07) is 2.11. The van der Waals surface area contributed by atoms with E-state index in [9.17, 15) is 0 Å². The normalized spacial score (nSPS) is 21.2. The predicted octanol–water partition coefficient (Wildman–Crippen LogP) is 0.814. The Morgan fingerprint density at radius 2 is 2.44 bits per heavy atom. The quantitative estimate of drug-likeness (QED) is 0.832. The zero-order valence-corrected chi connectivity index (χ0v) is 9.94. The van der Waals surface area contributed by atoms with E-state index in [2.05, 4.69) is 22.0 Å². The topological polar surface area (TPSA) is 64.3 Å². The van der Waals surface area contributed by atoms with Crippen LogP contribution in [0.4, 0.5) is 5.82 Å². The fourth-order valence-corrected chi connectivity index (χ4v) is 1.94. The smallest absolute Gasteiger partial charge is 0.153 e. The van der Waals surface area contributed by atoms with Crippen molar-refractivity contribution < 1.29 is 4.74 Å². The van der Waals surface area contributed by atoms with Gasteiger partial charge in [-0.15, -0.1) is 5.10 Å². The molecule has 1 fully saturated rings. The lowest BCUT2D eigenvalue weighted by atomic mass is 10.2. The molecule has 16 heavy (non-hydrogen) atoms. The van der Waals surface area contributed by atoms with Crippen LogP contribution in [0.15, 0.2) is 6.07 Å². The van der Waals surface area contributed by atoms with Gasteiger partial charge in [0.15, 0.2) is 5.82 Å². The Kier molecular flexibility index (Phi) is 3.58. The molecule has 2 heterocycles. The standard InChI is InChI=1S/C10H15ClN4O/c1-7-6-16-3-2-15(7)10-4-8(11)9(5-12)13-14-10/h4,7H,2-3,5-6,12H2,1H3. The van der Waals surface area contributed by atoms with Gasteiger partial charge in [0.05, 0.1) is 30.0 Å². The maximum atomic E-state index is 6.06. The van der Waals surface area contributed by atoms with Gasteiger partial charge >= 0.3 is 0 Å². The average molecular weight is 243 g/mol. The van der Waals surface area contributed by atoms with Crippen LogP contribution in [0.5, 0.6) is 0 Å². The molecule has 1 aliphatic rings. The van der Waals surface area contributed by atoms with Gasteiger partial charge in [-0.2, -0.15) is 5.10 Å². The van der Waals surface area contributed by atoms with Crippen molar-refractivity contribution in [2.75, 3.05) is 24.7 Å². The van der Waals surface area contributed by atoms with Crippen LogP contribution in [0, 0.1) is 0 Å². The SMILES string of the molecule is CC1COCCN1c1cc(Cl)c(CN)nn1. The number of aromatic nitrogens is 2. The Bertz CT molecular complexity index is 374. The summed E-state index contributed by atoms with van der Waals surface area (Å²) in [6.07, 6.45) is 0. The van der Waals surface area contributed by atoms with Gasteiger partial charge in [0, 0.05) is 19.2 Å². The summed E-state index contributed by atoms with van der Waals surface area (Å²) >= 11 is 6.06. The Hall–Kier alpha value is -0.910. The summed E-state index contributed by atoms with van der Waals surface area (Å²) in [7, 11) is 0. The van der Waals surface area contributed by atoms with Crippen molar-refractivity contribution in [3.05, 3.63) is 16.8 Å². The van der Waals surface area contributed by atoms with Crippen molar-refractivity contribution in [3.8, 4) is 0 Å². The fourth-order valence-electron chi connectivity index (χ4n) is 1.73. The van der Waals surface area contributed by atoms with Crippen LogP contribution >= 0.6 is 11.6 Å². The van der Waals surface area contributed by atoms with Gasteiger partial charge in [0.1, 0.15) is 0 Å². The highest BCUT2D eigenvalue weighted by Gasteiger charge is 2.21. The number of rotatable bonds is 2. The number of anilines is 1. The number of nitrogens with zero attached hydrogens (tertiary/aromatic N) is 3. The van der Waals surface area contributed by atoms with E-state index in [4.69, 9.17) is 22.1 Å². The lowest BCUT2D eigenvalue weighted by Crippen LogP contribution is -2.44. The summed E-state index contributed by atoms with van der Waals surface area (Å²) in [6.45, 7) is 4.63. The van der Waals surface area contributed by atoms with E-state index < -0.39 is 0 Å². The molecule has 5 nitrogen and oxygen atoms in total. The zero-order chi connectivity index (χ0) is 11.5. The Balaban J connectivity index is 2.22. The maximum Gasteiger partial charge on any atom is 0.153 e. The first-order valence-corrected chi connectivity index (χ1v) is 5.66. The number of hydrogen-bond acceptors (Lipinski definition) is 5. The number of halogens is 1. The number of hydrogen-bond donors (Lipinski definition) is 1. The molecule has 0 aromatic carbocycles. The monoisotopic (exact) mass is 242 g/mol. The van der Waals surface area contributed by atoms with E-state index in [-0.39, 0.29) is 0 Å². The van der Waals surface area contributed by atoms with Crippen LogP contribution in [0.25, 0.3) is 0 Å². The van der Waals surface area contributed by atoms with Gasteiger partial charge in [-0.05, 0) is 6.92 Å². The average Bonchev–Trinajstić information content (AvgIpc) is 2.29. The third-order valence-electron chi connectivity index (χ3n) is 2.66. The van der Waals surface area contributed by atoms with Gasteiger partial charge in [0.2, 0.25) is 0 Å². The minimum absolute atomic E-state index is 0.294. The Labute approximate surface area is 99.5 Å². The number of nitrogens with two attached hydrogens (primary N) is 1. The first kappa shape index (κ1) is 11.6. The van der Waals surface area contributed by atoms with Crippen molar-refractivity contribution in [1.82, 2.24) is 10.2 Å². The van der Waals surface area contributed by atoms with Gasteiger partial charge in [-0.1, -0.05) is 11.6 Å². The van der Waals surface area contributed by atoms with E-state index in [1.165, 1.54) is 0 Å². The van der Waals surface area contributed by atoms with Gasteiger partial charge in [-0.3, -0.25) is 0 Å². The molecule has 88 valence electrons. The maximum absolute atomic E-state index is 6.06. The van der Waals surface area contributed by atoms with Crippen molar-refractivity contribution >= 4 is 17.4 Å². The van der Waals surface area contributed by atoms with E-state index >= 15 is 0 Å². The Morgan fingerprint density at radius 3 is 3.06 bits per heavy atom. The van der Waals surface area contributed by atoms with Crippen molar-refractivity contribution in [1.29, 1.82) is 0 Å². The minimum atomic E-state index is 0.294. The molecule has 0 bridgehead atoms. The molecule has 1 atom stereocenters. The molecule has 0 saturated carbocycles. The van der Waals surface area contributed by atoms with Crippen LogP contribution in [0.2, 0.25) is 5.02 Å².